The van der Waals surface area contributed by atoms with Crippen LogP contribution in [0.15, 0.2) is 76.3 Å². The summed E-state index contributed by atoms with van der Waals surface area (Å²) in [4.78, 5) is 17.4. The van der Waals surface area contributed by atoms with Gasteiger partial charge in [-0.25, -0.2) is 4.39 Å². The molecule has 0 atom stereocenters. The van der Waals surface area contributed by atoms with Gasteiger partial charge >= 0.3 is 0 Å². The molecule has 2 aromatic carbocycles. The number of rotatable bonds is 6. The maximum absolute atomic E-state index is 13.5. The van der Waals surface area contributed by atoms with Gasteiger partial charge in [-0.3, -0.25) is 9.69 Å². The molecule has 3 aromatic rings. The van der Waals surface area contributed by atoms with E-state index in [1.165, 1.54) is 12.1 Å². The van der Waals surface area contributed by atoms with Crippen LogP contribution in [0.1, 0.15) is 10.6 Å². The van der Waals surface area contributed by atoms with Gasteiger partial charge in [-0.05, 0) is 51.8 Å². The van der Waals surface area contributed by atoms with Crippen molar-refractivity contribution in [2.45, 2.75) is 0 Å². The average Bonchev–Trinajstić information content (AvgIpc) is 3.22. The van der Waals surface area contributed by atoms with Crippen LogP contribution in [0.5, 0.6) is 0 Å². The number of piperazine rings is 1. The lowest BCUT2D eigenvalue weighted by Crippen LogP contribution is -2.46. The number of carbonyl (C=O) groups is 1. The first-order valence-electron chi connectivity index (χ1n) is 10.1. The van der Waals surface area contributed by atoms with E-state index in [0.29, 0.717) is 10.4 Å². The second kappa shape index (κ2) is 9.49. The molecule has 1 aromatic heterocycles. The SMILES string of the molecule is C=CCN1CCN(c2c(NC(=O)c3ccc(Br)o3)cccc2-c2ccc(F)cc2)CC1. The molecule has 0 aliphatic carbocycles. The van der Waals surface area contributed by atoms with E-state index in [4.69, 9.17) is 4.42 Å². The lowest BCUT2D eigenvalue weighted by Gasteiger charge is -2.37. The highest BCUT2D eigenvalue weighted by Gasteiger charge is 2.23. The highest BCUT2D eigenvalue weighted by atomic mass is 79.9. The van der Waals surface area contributed by atoms with Crippen LogP contribution in [-0.2, 0) is 0 Å². The van der Waals surface area contributed by atoms with Crippen molar-refractivity contribution in [1.29, 1.82) is 0 Å². The van der Waals surface area contributed by atoms with Gasteiger partial charge in [0.05, 0.1) is 11.4 Å². The molecule has 0 saturated carbocycles. The Balaban J connectivity index is 1.70. The second-order valence-corrected chi connectivity index (χ2v) is 8.12. The number of nitrogens with one attached hydrogen (secondary N) is 1. The van der Waals surface area contributed by atoms with Gasteiger partial charge in [-0.1, -0.05) is 30.3 Å². The largest absolute Gasteiger partial charge is 0.444 e. The molecule has 5 nitrogen and oxygen atoms in total. The predicted molar refractivity (Wildman–Crippen MR) is 125 cm³/mol. The molecule has 1 amide bonds. The average molecular weight is 484 g/mol. The maximum Gasteiger partial charge on any atom is 0.291 e. The van der Waals surface area contributed by atoms with Gasteiger partial charge in [0.1, 0.15) is 5.82 Å². The van der Waals surface area contributed by atoms with Crippen LogP contribution in [0, 0.1) is 5.82 Å². The number of halogens is 2. The molecule has 1 fully saturated rings. The minimum atomic E-state index is -0.325. The number of anilines is 2. The molecule has 0 radical (unpaired) electrons. The van der Waals surface area contributed by atoms with Crippen molar-refractivity contribution < 1.29 is 13.6 Å². The topological polar surface area (TPSA) is 48.7 Å². The van der Waals surface area contributed by atoms with Gasteiger partial charge in [-0.15, -0.1) is 6.58 Å². The molecule has 7 heteroatoms. The van der Waals surface area contributed by atoms with E-state index < -0.39 is 0 Å². The fourth-order valence-corrected chi connectivity index (χ4v) is 4.11. The van der Waals surface area contributed by atoms with E-state index in [1.54, 1.807) is 24.3 Å². The molecular formula is C24H23BrFN3O2. The molecule has 0 bridgehead atoms. The van der Waals surface area contributed by atoms with E-state index in [0.717, 1.165) is 49.5 Å². The van der Waals surface area contributed by atoms with Crippen molar-refractivity contribution in [3.63, 3.8) is 0 Å². The molecule has 1 saturated heterocycles. The van der Waals surface area contributed by atoms with Gasteiger partial charge in [0.2, 0.25) is 0 Å². The summed E-state index contributed by atoms with van der Waals surface area (Å²) in [6.45, 7) is 8.07. The minimum Gasteiger partial charge on any atom is -0.444 e. The van der Waals surface area contributed by atoms with Gasteiger partial charge < -0.3 is 14.6 Å². The lowest BCUT2D eigenvalue weighted by molar-refractivity contribution is 0.0995. The summed E-state index contributed by atoms with van der Waals surface area (Å²) in [6.07, 6.45) is 1.91. The normalized spacial score (nSPS) is 14.5. The van der Waals surface area contributed by atoms with E-state index in [2.05, 4.69) is 37.6 Å². The van der Waals surface area contributed by atoms with Crippen LogP contribution in [0.25, 0.3) is 11.1 Å². The summed E-state index contributed by atoms with van der Waals surface area (Å²) < 4.78 is 19.4. The van der Waals surface area contributed by atoms with Crippen molar-refractivity contribution in [2.75, 3.05) is 42.9 Å². The van der Waals surface area contributed by atoms with Crippen molar-refractivity contribution in [2.24, 2.45) is 0 Å². The molecule has 0 spiro atoms. The lowest BCUT2D eigenvalue weighted by atomic mass is 10.0. The predicted octanol–water partition coefficient (Wildman–Crippen LogP) is 5.41. The minimum absolute atomic E-state index is 0.223. The zero-order valence-electron chi connectivity index (χ0n) is 17.0. The Kier molecular flexibility index (Phi) is 6.53. The molecule has 4 rings (SSSR count). The summed E-state index contributed by atoms with van der Waals surface area (Å²) in [5.41, 5.74) is 3.44. The number of furan rings is 1. The van der Waals surface area contributed by atoms with Crippen LogP contribution in [0.4, 0.5) is 15.8 Å². The van der Waals surface area contributed by atoms with E-state index in [1.807, 2.05) is 24.3 Å². The second-order valence-electron chi connectivity index (χ2n) is 7.34. The van der Waals surface area contributed by atoms with Crippen molar-refractivity contribution in [1.82, 2.24) is 4.90 Å². The number of hydrogen-bond donors (Lipinski definition) is 1. The summed E-state index contributed by atoms with van der Waals surface area (Å²) in [5, 5.41) is 3.00. The fourth-order valence-electron chi connectivity index (χ4n) is 3.80. The third-order valence-electron chi connectivity index (χ3n) is 5.31. The Morgan fingerprint density at radius 1 is 1.10 bits per heavy atom. The monoisotopic (exact) mass is 483 g/mol. The van der Waals surface area contributed by atoms with Gasteiger partial charge in [0.25, 0.3) is 5.91 Å². The summed E-state index contributed by atoms with van der Waals surface area (Å²) in [7, 11) is 0. The first kappa shape index (κ1) is 21.3. The molecule has 2 heterocycles. The zero-order valence-corrected chi connectivity index (χ0v) is 18.6. The van der Waals surface area contributed by atoms with Crippen LogP contribution in [0.3, 0.4) is 0 Å². The maximum atomic E-state index is 13.5. The zero-order chi connectivity index (χ0) is 21.8. The molecule has 160 valence electrons. The van der Waals surface area contributed by atoms with Gasteiger partial charge in [0, 0.05) is 38.3 Å². The molecule has 31 heavy (non-hydrogen) atoms. The van der Waals surface area contributed by atoms with Crippen molar-refractivity contribution >= 4 is 33.2 Å². The highest BCUT2D eigenvalue weighted by molar-refractivity contribution is 9.10. The number of carbonyl (C=O) groups excluding carboxylic acids is 1. The van der Waals surface area contributed by atoms with Crippen LogP contribution >= 0.6 is 15.9 Å². The molecule has 1 aliphatic heterocycles. The Labute approximate surface area is 189 Å². The number of benzene rings is 2. The first-order chi connectivity index (χ1) is 15.0. The van der Waals surface area contributed by atoms with Crippen LogP contribution in [-0.4, -0.2) is 43.5 Å². The Bertz CT molecular complexity index is 1070. The number of nitrogens with zero attached hydrogens (tertiary/aromatic N) is 2. The van der Waals surface area contributed by atoms with Gasteiger partial charge in [-0.2, -0.15) is 0 Å². The summed E-state index contributed by atoms with van der Waals surface area (Å²) >= 11 is 3.23. The van der Waals surface area contributed by atoms with Crippen LogP contribution in [0.2, 0.25) is 0 Å². The number of hydrogen-bond acceptors (Lipinski definition) is 4. The smallest absolute Gasteiger partial charge is 0.291 e. The van der Waals surface area contributed by atoms with Crippen LogP contribution < -0.4 is 10.2 Å². The quantitative estimate of drug-likeness (QED) is 0.476. The van der Waals surface area contributed by atoms with E-state index in [9.17, 15) is 9.18 Å². The van der Waals surface area contributed by atoms with E-state index >= 15 is 0 Å². The molecule has 1 aliphatic rings. The molecule has 0 unspecified atom stereocenters. The van der Waals surface area contributed by atoms with Crippen molar-refractivity contribution in [3.8, 4) is 11.1 Å². The number of para-hydroxylation sites is 1. The summed E-state index contributed by atoms with van der Waals surface area (Å²) in [5.74, 6) is -0.384. The van der Waals surface area contributed by atoms with Gasteiger partial charge in [0.15, 0.2) is 10.4 Å². The Morgan fingerprint density at radius 3 is 2.48 bits per heavy atom. The third-order valence-corrected chi connectivity index (χ3v) is 5.74. The first-order valence-corrected chi connectivity index (χ1v) is 10.9. The van der Waals surface area contributed by atoms with E-state index in [-0.39, 0.29) is 17.5 Å². The highest BCUT2D eigenvalue weighted by Crippen LogP contribution is 2.38. The summed E-state index contributed by atoms with van der Waals surface area (Å²) in [6, 6.07) is 15.5. The standard InChI is InChI=1S/C24H23BrFN3O2/c1-2-12-28-13-15-29(16-14-28)23-19(17-6-8-18(26)9-7-17)4-3-5-20(23)27-24(30)21-10-11-22(25)31-21/h2-11H,1,12-16H2,(H,27,30). The molecule has 1 N–H and O–H groups in total. The fraction of sp³-hybridized carbons (Fsp3) is 0.208. The number of amides is 1. The Morgan fingerprint density at radius 2 is 1.84 bits per heavy atom. The molecular weight excluding hydrogens is 461 g/mol. The Hall–Kier alpha value is -2.90. The third kappa shape index (κ3) is 4.89. The van der Waals surface area contributed by atoms with Crippen molar-refractivity contribution in [3.05, 3.63) is 83.5 Å².